The molecule has 0 saturated heterocycles. The van der Waals surface area contributed by atoms with Crippen LogP contribution in [0.5, 0.6) is 5.75 Å². The molecule has 3 aromatic heterocycles. The van der Waals surface area contributed by atoms with Gasteiger partial charge in [0, 0.05) is 53.5 Å². The van der Waals surface area contributed by atoms with Gasteiger partial charge in [0.2, 0.25) is 0 Å². The Labute approximate surface area is 175 Å². The number of fused-ring (bicyclic) bond motifs is 2. The van der Waals surface area contributed by atoms with Crippen molar-refractivity contribution in [3.63, 3.8) is 0 Å². The number of nitrogens with one attached hydrogen (secondary N) is 2. The second-order valence-corrected chi connectivity index (χ2v) is 7.62. The van der Waals surface area contributed by atoms with E-state index < -0.39 is 0 Å². The van der Waals surface area contributed by atoms with Gasteiger partial charge in [0.25, 0.3) is 0 Å². The Morgan fingerprint density at radius 3 is 2.80 bits per heavy atom. The van der Waals surface area contributed by atoms with Gasteiger partial charge in [-0.25, -0.2) is 9.97 Å². The van der Waals surface area contributed by atoms with E-state index in [2.05, 4.69) is 57.5 Å². The van der Waals surface area contributed by atoms with E-state index in [1.807, 2.05) is 24.5 Å². The summed E-state index contributed by atoms with van der Waals surface area (Å²) >= 11 is 0. The van der Waals surface area contributed by atoms with Crippen LogP contribution in [0.15, 0.2) is 67.1 Å². The lowest BCUT2D eigenvalue weighted by Crippen LogP contribution is -2.01. The fraction of sp³-hybridized carbons (Fsp3) is 0.200. The maximum atomic E-state index is 5.37. The van der Waals surface area contributed by atoms with Crippen LogP contribution in [0, 0.1) is 0 Å². The van der Waals surface area contributed by atoms with Gasteiger partial charge in [-0.2, -0.15) is 0 Å². The Kier molecular flexibility index (Phi) is 4.93. The summed E-state index contributed by atoms with van der Waals surface area (Å²) in [7, 11) is 1.70. The van der Waals surface area contributed by atoms with Crippen molar-refractivity contribution < 1.29 is 4.74 Å². The molecule has 30 heavy (non-hydrogen) atoms. The molecule has 3 heterocycles. The molecule has 0 saturated carbocycles. The lowest BCUT2D eigenvalue weighted by molar-refractivity contribution is 0.415. The van der Waals surface area contributed by atoms with Crippen LogP contribution >= 0.6 is 0 Å². The summed E-state index contributed by atoms with van der Waals surface area (Å²) in [6.45, 7) is 0. The lowest BCUT2D eigenvalue weighted by atomic mass is 10.1. The van der Waals surface area contributed by atoms with Gasteiger partial charge in [0.05, 0.1) is 7.11 Å². The first kappa shape index (κ1) is 18.4. The third kappa shape index (κ3) is 3.79. The quantitative estimate of drug-likeness (QED) is 0.397. The molecule has 5 heteroatoms. The smallest absolute Gasteiger partial charge is 0.128 e. The first-order chi connectivity index (χ1) is 14.8. The molecule has 2 aromatic carbocycles. The lowest BCUT2D eigenvalue weighted by Gasteiger charge is -2.05. The van der Waals surface area contributed by atoms with Crippen LogP contribution in [0.2, 0.25) is 0 Å². The van der Waals surface area contributed by atoms with Gasteiger partial charge < -0.3 is 14.7 Å². The van der Waals surface area contributed by atoms with Gasteiger partial charge in [-0.05, 0) is 71.8 Å². The van der Waals surface area contributed by atoms with Gasteiger partial charge in [0.1, 0.15) is 11.6 Å². The molecule has 2 N–H and O–H groups in total. The molecule has 0 spiro atoms. The first-order valence-electron chi connectivity index (χ1n) is 10.3. The van der Waals surface area contributed by atoms with Crippen molar-refractivity contribution in [2.24, 2.45) is 0 Å². The van der Waals surface area contributed by atoms with Crippen molar-refractivity contribution in [2.75, 3.05) is 7.11 Å². The highest BCUT2D eigenvalue weighted by Crippen LogP contribution is 2.24. The number of H-pyrrole nitrogens is 2. The third-order valence-corrected chi connectivity index (χ3v) is 5.59. The van der Waals surface area contributed by atoms with Crippen LogP contribution in [-0.4, -0.2) is 27.0 Å². The number of aromatic nitrogens is 4. The van der Waals surface area contributed by atoms with Crippen LogP contribution in [0.1, 0.15) is 29.1 Å². The summed E-state index contributed by atoms with van der Waals surface area (Å²) in [5, 5.41) is 2.46. The van der Waals surface area contributed by atoms with Crippen molar-refractivity contribution in [3.05, 3.63) is 89.8 Å². The molecule has 0 radical (unpaired) electrons. The van der Waals surface area contributed by atoms with Crippen molar-refractivity contribution in [1.82, 2.24) is 19.9 Å². The van der Waals surface area contributed by atoms with E-state index in [0.717, 1.165) is 54.0 Å². The Morgan fingerprint density at radius 2 is 1.87 bits per heavy atom. The second kappa shape index (κ2) is 8.03. The Hall–Kier alpha value is -3.60. The predicted octanol–water partition coefficient (Wildman–Crippen LogP) is 5.21. The number of aromatic amines is 2. The molecule has 0 bridgehead atoms. The minimum absolute atomic E-state index is 0.818. The maximum absolute atomic E-state index is 5.37. The topological polar surface area (TPSA) is 66.6 Å². The molecule has 5 nitrogen and oxygen atoms in total. The average Bonchev–Trinajstić information content (AvgIpc) is 3.40. The van der Waals surface area contributed by atoms with Crippen molar-refractivity contribution in [2.45, 2.75) is 25.7 Å². The summed E-state index contributed by atoms with van der Waals surface area (Å²) < 4.78 is 5.37. The standard InChI is InChI=1S/C25H24N4O/c1-30-21-6-8-24-22(15-21)19(16-28-24)3-2-4-25-27-12-10-20(29-25)14-17-5-7-23-18(13-17)9-11-26-23/h5-13,15-16,26,28H,2-4,14H2,1H3. The molecule has 0 aliphatic carbocycles. The highest BCUT2D eigenvalue weighted by atomic mass is 16.5. The molecular weight excluding hydrogens is 372 g/mol. The van der Waals surface area contributed by atoms with E-state index in [9.17, 15) is 0 Å². The molecule has 0 atom stereocenters. The van der Waals surface area contributed by atoms with Gasteiger partial charge in [-0.3, -0.25) is 0 Å². The van der Waals surface area contributed by atoms with Crippen LogP contribution < -0.4 is 4.74 Å². The number of nitrogens with zero attached hydrogens (tertiary/aromatic N) is 2. The molecule has 0 amide bonds. The second-order valence-electron chi connectivity index (χ2n) is 7.62. The normalized spacial score (nSPS) is 11.4. The molecular formula is C25H24N4O. The van der Waals surface area contributed by atoms with Crippen molar-refractivity contribution in [3.8, 4) is 5.75 Å². The van der Waals surface area contributed by atoms with E-state index in [-0.39, 0.29) is 0 Å². The Bertz CT molecular complexity index is 1300. The first-order valence-corrected chi connectivity index (χ1v) is 10.3. The molecule has 5 aromatic rings. The van der Waals surface area contributed by atoms with E-state index in [1.165, 1.54) is 21.9 Å². The number of aryl methyl sites for hydroxylation is 2. The number of benzene rings is 2. The van der Waals surface area contributed by atoms with E-state index >= 15 is 0 Å². The van der Waals surface area contributed by atoms with Gasteiger partial charge in [-0.15, -0.1) is 0 Å². The highest BCUT2D eigenvalue weighted by molar-refractivity contribution is 5.84. The minimum atomic E-state index is 0.818. The zero-order valence-corrected chi connectivity index (χ0v) is 17.0. The third-order valence-electron chi connectivity index (χ3n) is 5.59. The molecule has 0 aliphatic rings. The monoisotopic (exact) mass is 396 g/mol. The van der Waals surface area contributed by atoms with E-state index in [4.69, 9.17) is 9.72 Å². The van der Waals surface area contributed by atoms with Gasteiger partial charge in [-0.1, -0.05) is 6.07 Å². The highest BCUT2D eigenvalue weighted by Gasteiger charge is 2.07. The number of ether oxygens (including phenoxy) is 1. The number of methoxy groups -OCH3 is 1. The van der Waals surface area contributed by atoms with Crippen LogP contribution in [0.3, 0.4) is 0 Å². The van der Waals surface area contributed by atoms with E-state index in [1.54, 1.807) is 7.11 Å². The molecule has 5 rings (SSSR count). The van der Waals surface area contributed by atoms with E-state index in [0.29, 0.717) is 0 Å². The Morgan fingerprint density at radius 1 is 0.933 bits per heavy atom. The number of hydrogen-bond donors (Lipinski definition) is 2. The average molecular weight is 396 g/mol. The summed E-state index contributed by atoms with van der Waals surface area (Å²) in [6, 6.07) is 16.8. The van der Waals surface area contributed by atoms with Gasteiger partial charge in [0.15, 0.2) is 0 Å². The SMILES string of the molecule is COc1ccc2[nH]cc(CCCc3nccc(Cc4ccc5[nH]ccc5c4)n3)c2c1. The minimum Gasteiger partial charge on any atom is -0.497 e. The largest absolute Gasteiger partial charge is 0.497 e. The zero-order chi connectivity index (χ0) is 20.3. The van der Waals surface area contributed by atoms with Crippen molar-refractivity contribution >= 4 is 21.8 Å². The number of rotatable bonds is 7. The predicted molar refractivity (Wildman–Crippen MR) is 120 cm³/mol. The molecule has 0 aliphatic heterocycles. The van der Waals surface area contributed by atoms with Crippen LogP contribution in [-0.2, 0) is 19.3 Å². The molecule has 0 unspecified atom stereocenters. The van der Waals surface area contributed by atoms with Crippen LogP contribution in [0.4, 0.5) is 0 Å². The Balaban J connectivity index is 1.25. The van der Waals surface area contributed by atoms with Gasteiger partial charge >= 0.3 is 0 Å². The van der Waals surface area contributed by atoms with Crippen molar-refractivity contribution in [1.29, 1.82) is 0 Å². The molecule has 0 fully saturated rings. The number of hydrogen-bond acceptors (Lipinski definition) is 3. The fourth-order valence-corrected chi connectivity index (χ4v) is 4.01. The fourth-order valence-electron chi connectivity index (χ4n) is 4.01. The summed E-state index contributed by atoms with van der Waals surface area (Å²) in [5.74, 6) is 1.80. The summed E-state index contributed by atoms with van der Waals surface area (Å²) in [6.07, 6.45) is 9.61. The maximum Gasteiger partial charge on any atom is 0.128 e. The molecule has 150 valence electrons. The summed E-state index contributed by atoms with van der Waals surface area (Å²) in [4.78, 5) is 15.9. The summed E-state index contributed by atoms with van der Waals surface area (Å²) in [5.41, 5.74) is 5.94. The van der Waals surface area contributed by atoms with Crippen LogP contribution in [0.25, 0.3) is 21.8 Å². The zero-order valence-electron chi connectivity index (χ0n) is 17.0.